The number of pyridine rings is 1. The minimum atomic E-state index is -0.333. The number of hydrogen-bond donors (Lipinski definition) is 1. The van der Waals surface area contributed by atoms with Crippen LogP contribution in [0.3, 0.4) is 0 Å². The topological polar surface area (TPSA) is 64.1 Å². The smallest absolute Gasteiger partial charge is 0.148 e. The molecule has 5 nitrogen and oxygen atoms in total. The molecule has 8 aromatic carbocycles. The Morgan fingerprint density at radius 3 is 2.00 bits per heavy atom. The fraction of sp³-hybridized carbons (Fsp3) is 0.133. The van der Waals surface area contributed by atoms with Gasteiger partial charge in [-0.1, -0.05) is 186 Å². The predicted molar refractivity (Wildman–Crippen MR) is 269 cm³/mol. The zero-order valence-electron chi connectivity index (χ0n) is 37.8. The molecule has 0 saturated heterocycles. The molecule has 0 spiro atoms. The molecule has 0 atom stereocenters. The molecule has 0 radical (unpaired) electrons. The van der Waals surface area contributed by atoms with Crippen LogP contribution in [0.15, 0.2) is 180 Å². The molecule has 3 aromatic heterocycles. The first-order chi connectivity index (χ1) is 31.4. The van der Waals surface area contributed by atoms with Crippen molar-refractivity contribution in [2.45, 2.75) is 52.4 Å². The third-order valence-electron chi connectivity index (χ3n) is 12.7. The van der Waals surface area contributed by atoms with Crippen LogP contribution in [0.5, 0.6) is 5.75 Å². The van der Waals surface area contributed by atoms with E-state index in [4.69, 9.17) is 14.4 Å². The minimum absolute atomic E-state index is 0. The average Bonchev–Trinajstić information content (AvgIpc) is 3.90. The number of furan rings is 1. The van der Waals surface area contributed by atoms with Crippen molar-refractivity contribution in [3.63, 3.8) is 0 Å². The van der Waals surface area contributed by atoms with E-state index < -0.39 is 0 Å². The van der Waals surface area contributed by atoms with E-state index in [0.29, 0.717) is 11.4 Å². The summed E-state index contributed by atoms with van der Waals surface area (Å²) in [6, 6.07) is 62.8. The minimum Gasteiger partial charge on any atom is -0.507 e. The number of benzene rings is 8. The van der Waals surface area contributed by atoms with Gasteiger partial charge in [0.15, 0.2) is 0 Å². The molecule has 11 aromatic rings. The van der Waals surface area contributed by atoms with E-state index >= 15 is 0 Å². The summed E-state index contributed by atoms with van der Waals surface area (Å²) < 4.78 is 8.77. The Bertz CT molecular complexity index is 3630. The molecule has 66 heavy (non-hydrogen) atoms. The van der Waals surface area contributed by atoms with Crippen LogP contribution < -0.4 is 0 Å². The van der Waals surface area contributed by atoms with Gasteiger partial charge in [0, 0.05) is 54.9 Å². The zero-order chi connectivity index (χ0) is 44.6. The third-order valence-corrected chi connectivity index (χ3v) is 12.7. The van der Waals surface area contributed by atoms with Gasteiger partial charge in [-0.25, -0.2) is 4.98 Å². The first-order valence-corrected chi connectivity index (χ1v) is 22.3. The van der Waals surface area contributed by atoms with Gasteiger partial charge in [0.05, 0.1) is 22.3 Å². The average molecular weight is 1040 g/mol. The fourth-order valence-electron chi connectivity index (χ4n) is 9.32. The van der Waals surface area contributed by atoms with Crippen LogP contribution in [0, 0.1) is 6.07 Å². The number of rotatable bonds is 6. The molecule has 0 bridgehead atoms. The summed E-state index contributed by atoms with van der Waals surface area (Å²) in [5, 5.41) is 16.8. The second-order valence-corrected chi connectivity index (χ2v) is 19.1. The summed E-state index contributed by atoms with van der Waals surface area (Å²) in [5.41, 5.74) is 14.1. The summed E-state index contributed by atoms with van der Waals surface area (Å²) in [6.45, 7) is 13.1. The summed E-state index contributed by atoms with van der Waals surface area (Å²) >= 11 is 0. The first-order valence-electron chi connectivity index (χ1n) is 22.3. The van der Waals surface area contributed by atoms with Crippen LogP contribution in [-0.4, -0.2) is 19.6 Å². The number of aromatic hydroxyl groups is 1. The fourth-order valence-corrected chi connectivity index (χ4v) is 9.32. The molecule has 0 amide bonds. The molecule has 0 saturated carbocycles. The second kappa shape index (κ2) is 16.4. The summed E-state index contributed by atoms with van der Waals surface area (Å²) in [6.07, 6.45) is 1.94. The maximum Gasteiger partial charge on any atom is 0.148 e. The molecule has 0 aliphatic carbocycles. The molecule has 0 fully saturated rings. The monoisotopic (exact) mass is 1040 g/mol. The van der Waals surface area contributed by atoms with E-state index in [-0.39, 0.29) is 37.6 Å². The molecule has 0 aliphatic rings. The first kappa shape index (κ1) is 42.9. The Labute approximate surface area is 399 Å². The number of aromatic nitrogens is 3. The number of para-hydroxylation sites is 2. The van der Waals surface area contributed by atoms with Crippen molar-refractivity contribution in [2.24, 2.45) is 0 Å². The van der Waals surface area contributed by atoms with Gasteiger partial charge in [0.1, 0.15) is 22.7 Å². The van der Waals surface area contributed by atoms with E-state index in [1.807, 2.05) is 30.5 Å². The molecule has 1 N–H and O–H groups in total. The molecular weight excluding hydrogens is 990 g/mol. The van der Waals surface area contributed by atoms with E-state index in [2.05, 4.69) is 198 Å². The normalized spacial score (nSPS) is 12.0. The molecule has 0 unspecified atom stereocenters. The molecule has 326 valence electrons. The maximum atomic E-state index is 12.5. The van der Waals surface area contributed by atoms with Gasteiger partial charge < -0.3 is 9.52 Å². The number of hydrogen-bond acceptors (Lipinski definition) is 4. The van der Waals surface area contributed by atoms with Crippen LogP contribution in [-0.2, 0) is 31.9 Å². The van der Waals surface area contributed by atoms with Gasteiger partial charge in [-0.05, 0) is 68.6 Å². The van der Waals surface area contributed by atoms with Crippen molar-refractivity contribution >= 4 is 43.7 Å². The van der Waals surface area contributed by atoms with Crippen molar-refractivity contribution in [3.05, 3.63) is 193 Å². The van der Waals surface area contributed by atoms with Gasteiger partial charge in [0.2, 0.25) is 0 Å². The molecule has 6 heteroatoms. The van der Waals surface area contributed by atoms with Crippen LogP contribution in [0.2, 0.25) is 0 Å². The van der Waals surface area contributed by atoms with Gasteiger partial charge in [-0.15, -0.1) is 23.8 Å². The van der Waals surface area contributed by atoms with Crippen LogP contribution in [0.4, 0.5) is 0 Å². The largest absolute Gasteiger partial charge is 0.507 e. The van der Waals surface area contributed by atoms with E-state index in [9.17, 15) is 5.11 Å². The van der Waals surface area contributed by atoms with Gasteiger partial charge in [-0.3, -0.25) is 9.55 Å². The van der Waals surface area contributed by atoms with Gasteiger partial charge in [0.25, 0.3) is 0 Å². The maximum absolute atomic E-state index is 12.5. The molecular formula is C60H48N3O2Pt-. The van der Waals surface area contributed by atoms with Gasteiger partial charge in [-0.2, -0.15) is 0 Å². The number of phenols is 1. The second-order valence-electron chi connectivity index (χ2n) is 19.1. The van der Waals surface area contributed by atoms with E-state index in [1.165, 1.54) is 0 Å². The molecule has 0 aliphatic heterocycles. The standard InChI is InChI=1S/C60H48N3O2.Pt/c1-59(2,3)43-33-47(57(64)49(34-43)60(4,5)6)58-62-56-46(25-17-27-52(56)63(58)51-26-16-15-23-44(51)38-20-11-8-12-21-38)41-30-40(37-18-9-7-10-19-37)31-42(32-41)50-35-54-48(36-61-50)55-45-24-14-13-22-39(45)28-29-53(55)65-54;/h7-31,33-36,64H,1-6H3;/q-1;. The Morgan fingerprint density at radius 1 is 0.561 bits per heavy atom. The van der Waals surface area contributed by atoms with Gasteiger partial charge >= 0.3 is 0 Å². The number of fused-ring (bicyclic) bond motifs is 6. The molecule has 3 heterocycles. The Balaban J connectivity index is 0.00000511. The number of phenolic OH excluding ortho intramolecular Hbond substituents is 1. The Morgan fingerprint density at radius 2 is 1.24 bits per heavy atom. The SMILES string of the molecule is CC(C)(C)c1cc(-c2nc3c(-c4[c-]c(-c5cc6oc7ccc8ccccc8c7c6cn5)cc(-c5ccccc5)c4)cccc3n2-c2ccccc2-c2ccccc2)c(O)c(C(C)(C)C)c1.[Pt]. The predicted octanol–water partition coefficient (Wildman–Crippen LogP) is 15.9. The molecule has 11 rings (SSSR count). The van der Waals surface area contributed by atoms with Crippen LogP contribution in [0.1, 0.15) is 52.7 Å². The number of imidazole rings is 1. The van der Waals surface area contributed by atoms with Crippen molar-refractivity contribution in [2.75, 3.05) is 0 Å². The van der Waals surface area contributed by atoms with Crippen molar-refractivity contribution in [3.8, 4) is 67.5 Å². The van der Waals surface area contributed by atoms with Crippen molar-refractivity contribution < 1.29 is 30.6 Å². The van der Waals surface area contributed by atoms with Crippen molar-refractivity contribution in [1.82, 2.24) is 14.5 Å². The van der Waals surface area contributed by atoms with Crippen LogP contribution >= 0.6 is 0 Å². The zero-order valence-corrected chi connectivity index (χ0v) is 40.0. The van der Waals surface area contributed by atoms with Crippen molar-refractivity contribution in [1.29, 1.82) is 0 Å². The van der Waals surface area contributed by atoms with E-state index in [1.54, 1.807) is 0 Å². The quantitative estimate of drug-likeness (QED) is 0.169. The Kier molecular flexibility index (Phi) is 10.7. The van der Waals surface area contributed by atoms with E-state index in [0.717, 1.165) is 105 Å². The number of nitrogens with zero attached hydrogens (tertiary/aromatic N) is 3. The summed E-state index contributed by atoms with van der Waals surface area (Å²) in [5.74, 6) is 0.898. The summed E-state index contributed by atoms with van der Waals surface area (Å²) in [4.78, 5) is 10.7. The Hall–Kier alpha value is -7.07. The van der Waals surface area contributed by atoms with Crippen LogP contribution in [0.25, 0.3) is 105 Å². The third kappa shape index (κ3) is 7.42. The summed E-state index contributed by atoms with van der Waals surface area (Å²) in [7, 11) is 0.